The van der Waals surface area contributed by atoms with Gasteiger partial charge >= 0.3 is 15.9 Å². The van der Waals surface area contributed by atoms with E-state index >= 15 is 0 Å². The van der Waals surface area contributed by atoms with Gasteiger partial charge in [0, 0.05) is 48.1 Å². The maximum atomic E-state index is 8.78. The minimum absolute atomic E-state index is 0. The Hall–Kier alpha value is 1.17. The predicted octanol–water partition coefficient (Wildman–Crippen LogP) is 17.4. The van der Waals surface area contributed by atoms with Gasteiger partial charge in [-0.1, -0.05) is 286 Å². The molecule has 0 aromatic carbocycles. The van der Waals surface area contributed by atoms with E-state index in [1.165, 1.54) is 231 Å². The van der Waals surface area contributed by atoms with Gasteiger partial charge in [-0.2, -0.15) is 29.4 Å². The Kier molecular flexibility index (Phi) is 100. The van der Waals surface area contributed by atoms with Crippen LogP contribution in [0.4, 0.5) is 0 Å². The zero-order valence-electron chi connectivity index (χ0n) is 48.6. The van der Waals surface area contributed by atoms with Crippen LogP contribution >= 0.6 is 15.9 Å². The van der Waals surface area contributed by atoms with Crippen LogP contribution in [0.15, 0.2) is 0 Å². The number of aliphatic hydroxyl groups excluding tert-OH is 4. The number of rotatable bonds is 48. The standard InChI is InChI=1S/2C13H30O3P.4C8H18O.Ti/c2*1-2-3-4-5-6-7-8-9-10-11-12-13-17(14,15)16;4*1-2-3-4-5-6-7-8-9;/h2*14-16H,2-13H2,1H3;4*9H,2-8H2,1H3;/q2*+1;;;;;. The van der Waals surface area contributed by atoms with Crippen LogP contribution < -0.4 is 0 Å². The first-order chi connectivity index (χ1) is 33.8. The van der Waals surface area contributed by atoms with Crippen LogP contribution in [0.3, 0.4) is 0 Å². The van der Waals surface area contributed by atoms with Crippen molar-refractivity contribution in [3.05, 3.63) is 0 Å². The van der Waals surface area contributed by atoms with Crippen molar-refractivity contribution in [1.29, 1.82) is 0 Å². The minimum Gasteiger partial charge on any atom is -0.396 e. The van der Waals surface area contributed by atoms with Gasteiger partial charge in [0.15, 0.2) is 0 Å². The van der Waals surface area contributed by atoms with E-state index in [2.05, 4.69) is 41.5 Å². The topological polar surface area (TPSA) is 202 Å². The van der Waals surface area contributed by atoms with Crippen LogP contribution in [0.25, 0.3) is 0 Å². The molecule has 0 atom stereocenters. The number of unbranched alkanes of at least 4 members (excludes halogenated alkanes) is 40. The van der Waals surface area contributed by atoms with Gasteiger partial charge in [0.05, 0.1) is 0 Å². The molecule has 0 radical (unpaired) electrons. The Labute approximate surface area is 460 Å². The van der Waals surface area contributed by atoms with Crippen molar-refractivity contribution in [2.24, 2.45) is 0 Å². The molecule has 0 unspecified atom stereocenters. The first-order valence-corrected chi connectivity index (χ1v) is 34.0. The summed E-state index contributed by atoms with van der Waals surface area (Å²) in [7, 11) is -6.99. The Bertz CT molecular complexity index is 695. The van der Waals surface area contributed by atoms with Crippen LogP contribution in [0, 0.1) is 0 Å². The normalized spacial score (nSPS) is 10.8. The molecule has 0 saturated carbocycles. The van der Waals surface area contributed by atoms with Gasteiger partial charge in [-0.05, 0) is 51.4 Å². The molecular weight excluding hydrogens is 966 g/mol. The fraction of sp³-hybridized carbons (Fsp3) is 1.00. The summed E-state index contributed by atoms with van der Waals surface area (Å²) in [6.07, 6.45) is 57.4. The van der Waals surface area contributed by atoms with E-state index in [0.717, 1.165) is 64.2 Å². The van der Waals surface area contributed by atoms with E-state index in [1.54, 1.807) is 0 Å². The van der Waals surface area contributed by atoms with Gasteiger partial charge < -0.3 is 20.4 Å². The van der Waals surface area contributed by atoms with Crippen molar-refractivity contribution in [3.63, 3.8) is 0 Å². The predicted molar refractivity (Wildman–Crippen MR) is 312 cm³/mol. The summed E-state index contributed by atoms with van der Waals surface area (Å²) in [4.78, 5) is 52.7. The second kappa shape index (κ2) is 82.5. The minimum atomic E-state index is -3.49. The Morgan fingerprint density at radius 2 is 0.296 bits per heavy atom. The monoisotopic (exact) mass is 1100 g/mol. The quantitative estimate of drug-likeness (QED) is 0.0159. The molecule has 0 amide bonds. The summed E-state index contributed by atoms with van der Waals surface area (Å²) in [6, 6.07) is 0. The third-order valence-corrected chi connectivity index (χ3v) is 14.0. The Balaban J connectivity index is -0.000000142. The summed E-state index contributed by atoms with van der Waals surface area (Å²) in [5, 5.41) is 33.7. The smallest absolute Gasteiger partial charge is 0.396 e. The second-order valence-corrected chi connectivity index (χ2v) is 23.5. The van der Waals surface area contributed by atoms with Gasteiger partial charge in [0.25, 0.3) is 0 Å². The average molecular weight is 1100 g/mol. The third-order valence-electron chi connectivity index (χ3n) is 12.2. The van der Waals surface area contributed by atoms with Gasteiger partial charge in [-0.3, -0.25) is 0 Å². The molecule has 0 spiro atoms. The van der Waals surface area contributed by atoms with E-state index in [1.807, 2.05) is 0 Å². The molecule has 0 aliphatic rings. The third kappa shape index (κ3) is 120. The van der Waals surface area contributed by atoms with Crippen molar-refractivity contribution in [2.75, 3.05) is 38.8 Å². The number of hydrogen-bond acceptors (Lipinski definition) is 10. The largest absolute Gasteiger partial charge is 0.403 e. The Morgan fingerprint density at radius 1 is 0.183 bits per heavy atom. The van der Waals surface area contributed by atoms with E-state index in [-0.39, 0.29) is 34.0 Å². The summed E-state index contributed by atoms with van der Waals surface area (Å²) >= 11 is 0. The average Bonchev–Trinajstić information content (AvgIpc) is 3.33. The summed E-state index contributed by atoms with van der Waals surface area (Å²) in [5.74, 6) is 0. The molecule has 0 aromatic heterocycles. The number of aliphatic hydroxyl groups is 4. The first-order valence-electron chi connectivity index (χ1n) is 30.3. The maximum Gasteiger partial charge on any atom is 0.403 e. The van der Waals surface area contributed by atoms with E-state index in [0.29, 0.717) is 26.4 Å². The molecule has 13 heteroatoms. The van der Waals surface area contributed by atoms with Crippen LogP contribution in [0.1, 0.15) is 337 Å². The molecule has 0 bridgehead atoms. The molecule has 10 N–H and O–H groups in total. The molecule has 0 rings (SSSR count). The van der Waals surface area contributed by atoms with Crippen LogP contribution in [-0.2, 0) is 21.7 Å². The van der Waals surface area contributed by atoms with Crippen molar-refractivity contribution in [3.8, 4) is 0 Å². The van der Waals surface area contributed by atoms with Gasteiger partial charge in [0.2, 0.25) is 0 Å². The Morgan fingerprint density at radius 3 is 0.408 bits per heavy atom. The molecule has 0 saturated heterocycles. The molecule has 10 nitrogen and oxygen atoms in total. The van der Waals surface area contributed by atoms with Crippen LogP contribution in [0.2, 0.25) is 0 Å². The van der Waals surface area contributed by atoms with Crippen molar-refractivity contribution in [2.45, 2.75) is 337 Å². The molecule has 0 aliphatic heterocycles. The molecule has 71 heavy (non-hydrogen) atoms. The SMILES string of the molecule is CCCCCCCCCCCCC[P+](O)(O)O.CCCCCCCCCCCCC[P+](O)(O)O.CCCCCCCCO.CCCCCCCCO.CCCCCCCCO.CCCCCCCCO.[Ti]. The van der Waals surface area contributed by atoms with E-state index < -0.39 is 15.9 Å². The molecule has 0 heterocycles. The maximum absolute atomic E-state index is 8.78. The summed E-state index contributed by atoms with van der Waals surface area (Å²) < 4.78 is 0. The van der Waals surface area contributed by atoms with Gasteiger partial charge in [-0.15, -0.1) is 0 Å². The van der Waals surface area contributed by atoms with Gasteiger partial charge in [0.1, 0.15) is 12.3 Å². The van der Waals surface area contributed by atoms with Crippen molar-refractivity contribution >= 4 is 15.9 Å². The molecule has 0 fully saturated rings. The van der Waals surface area contributed by atoms with Crippen LogP contribution in [-0.4, -0.2) is 88.5 Å². The van der Waals surface area contributed by atoms with Crippen molar-refractivity contribution < 1.29 is 71.5 Å². The fourth-order valence-corrected chi connectivity index (χ4v) is 8.84. The summed E-state index contributed by atoms with van der Waals surface area (Å²) in [5.41, 5.74) is 0. The second-order valence-electron chi connectivity index (χ2n) is 19.9. The molecule has 0 aromatic rings. The zero-order chi connectivity index (χ0) is 53.8. The van der Waals surface area contributed by atoms with Gasteiger partial charge in [-0.25, -0.2) is 0 Å². The molecule has 0 aliphatic carbocycles. The molecular formula is C58H132O10P2Ti+2. The van der Waals surface area contributed by atoms with Crippen molar-refractivity contribution in [1.82, 2.24) is 0 Å². The van der Waals surface area contributed by atoms with E-state index in [4.69, 9.17) is 49.8 Å². The van der Waals surface area contributed by atoms with E-state index in [9.17, 15) is 0 Å². The molecule has 436 valence electrons. The first kappa shape index (κ1) is 86.1. The summed E-state index contributed by atoms with van der Waals surface area (Å²) in [6.45, 7) is 14.8. The zero-order valence-corrected chi connectivity index (χ0v) is 52.0. The fourth-order valence-electron chi connectivity index (χ4n) is 7.54. The van der Waals surface area contributed by atoms with Crippen LogP contribution in [0.5, 0.6) is 0 Å². The number of hydrogen-bond donors (Lipinski definition) is 10.